The summed E-state index contributed by atoms with van der Waals surface area (Å²) in [5.41, 5.74) is 3.76. The van der Waals surface area contributed by atoms with Crippen molar-refractivity contribution in [2.75, 3.05) is 7.11 Å². The van der Waals surface area contributed by atoms with Crippen LogP contribution in [0.1, 0.15) is 27.5 Å². The van der Waals surface area contributed by atoms with Crippen molar-refractivity contribution in [2.45, 2.75) is 12.6 Å². The molecule has 0 saturated carbocycles. The van der Waals surface area contributed by atoms with E-state index < -0.39 is 0 Å². The van der Waals surface area contributed by atoms with Crippen LogP contribution in [0.5, 0.6) is 5.75 Å². The van der Waals surface area contributed by atoms with Crippen LogP contribution in [0.2, 0.25) is 0 Å². The van der Waals surface area contributed by atoms with Gasteiger partial charge in [-0.2, -0.15) is 0 Å². The molecular weight excluding hydrogens is 348 g/mol. The first-order chi connectivity index (χ1) is 13.8. The van der Waals surface area contributed by atoms with E-state index in [-0.39, 0.29) is 11.8 Å². The number of rotatable bonds is 7. The third kappa shape index (κ3) is 3.55. The van der Waals surface area contributed by atoms with Gasteiger partial charge in [-0.15, -0.1) is 0 Å². The molecule has 1 atom stereocenters. The van der Waals surface area contributed by atoms with Crippen LogP contribution in [0.25, 0.3) is 10.9 Å². The highest BCUT2D eigenvalue weighted by molar-refractivity contribution is 6.09. The number of quaternary nitrogens is 1. The summed E-state index contributed by atoms with van der Waals surface area (Å²) in [6.45, 7) is 0.650. The molecule has 1 heterocycles. The van der Waals surface area contributed by atoms with Crippen molar-refractivity contribution in [1.29, 1.82) is 0 Å². The lowest BCUT2D eigenvalue weighted by molar-refractivity contribution is -0.697. The predicted octanol–water partition coefficient (Wildman–Crippen LogP) is 3.86. The number of carbonyl (C=O) groups excluding carboxylic acids is 1. The zero-order chi connectivity index (χ0) is 19.3. The molecule has 3 aromatic carbocycles. The molecule has 4 aromatic rings. The molecule has 3 N–H and O–H groups in total. The van der Waals surface area contributed by atoms with Crippen LogP contribution in [-0.2, 0) is 6.54 Å². The Kier molecular flexibility index (Phi) is 5.22. The van der Waals surface area contributed by atoms with E-state index in [4.69, 9.17) is 4.74 Å². The molecule has 0 saturated heterocycles. The molecule has 0 bridgehead atoms. The second-order valence-electron chi connectivity index (χ2n) is 6.75. The molecule has 0 spiro atoms. The molecule has 28 heavy (non-hydrogen) atoms. The topological polar surface area (TPSA) is 58.7 Å². The van der Waals surface area contributed by atoms with Gasteiger partial charge in [0.2, 0.25) is 5.78 Å². The molecule has 140 valence electrons. The number of aromatic nitrogens is 1. The number of hydrogen-bond acceptors (Lipinski definition) is 2. The van der Waals surface area contributed by atoms with Crippen LogP contribution in [0.15, 0.2) is 85.1 Å². The Labute approximate surface area is 164 Å². The smallest absolute Gasteiger partial charge is 0.226 e. The minimum absolute atomic E-state index is 0.0959. The third-order valence-electron chi connectivity index (χ3n) is 5.06. The molecule has 4 nitrogen and oxygen atoms in total. The first-order valence-corrected chi connectivity index (χ1v) is 9.38. The van der Waals surface area contributed by atoms with Gasteiger partial charge in [0.15, 0.2) is 6.04 Å². The van der Waals surface area contributed by atoms with Crippen molar-refractivity contribution >= 4 is 16.7 Å². The van der Waals surface area contributed by atoms with E-state index in [1.807, 2.05) is 85.1 Å². The number of methoxy groups -OCH3 is 1. The number of aromatic amines is 1. The summed E-state index contributed by atoms with van der Waals surface area (Å²) in [6.07, 6.45) is 1.82. The Balaban J connectivity index is 1.67. The SMILES string of the molecule is COc1ccccc1C[NH2+][C@@H](C(=O)c1c[nH]c2ccccc12)c1ccccc1. The van der Waals surface area contributed by atoms with Gasteiger partial charge in [-0.1, -0.05) is 60.7 Å². The second kappa shape index (κ2) is 8.11. The maximum atomic E-state index is 13.5. The van der Waals surface area contributed by atoms with Crippen LogP contribution in [0.4, 0.5) is 0 Å². The van der Waals surface area contributed by atoms with E-state index in [9.17, 15) is 4.79 Å². The Morgan fingerprint density at radius 3 is 2.50 bits per heavy atom. The summed E-state index contributed by atoms with van der Waals surface area (Å²) in [7, 11) is 1.67. The number of H-pyrrole nitrogens is 1. The fraction of sp³-hybridized carbons (Fsp3) is 0.125. The van der Waals surface area contributed by atoms with Gasteiger partial charge in [-0.25, -0.2) is 0 Å². The van der Waals surface area contributed by atoms with Crippen LogP contribution in [0, 0.1) is 0 Å². The van der Waals surface area contributed by atoms with Crippen LogP contribution >= 0.6 is 0 Å². The number of nitrogens with two attached hydrogens (primary N) is 1. The van der Waals surface area contributed by atoms with Gasteiger partial charge in [0, 0.05) is 33.8 Å². The summed E-state index contributed by atoms with van der Waals surface area (Å²) in [5.74, 6) is 0.934. The number of nitrogens with one attached hydrogen (secondary N) is 1. The first-order valence-electron chi connectivity index (χ1n) is 9.38. The number of Topliss-reactive ketones (excluding diaryl/α,β-unsaturated/α-hetero) is 1. The molecule has 0 amide bonds. The normalized spacial score (nSPS) is 12.0. The van der Waals surface area contributed by atoms with Gasteiger partial charge in [0.1, 0.15) is 12.3 Å². The minimum Gasteiger partial charge on any atom is -0.496 e. The summed E-state index contributed by atoms with van der Waals surface area (Å²) < 4.78 is 5.46. The van der Waals surface area contributed by atoms with E-state index >= 15 is 0 Å². The van der Waals surface area contributed by atoms with E-state index in [0.717, 1.165) is 33.3 Å². The fourth-order valence-corrected chi connectivity index (χ4v) is 3.61. The summed E-state index contributed by atoms with van der Waals surface area (Å²) in [5, 5.41) is 3.04. The average molecular weight is 371 g/mol. The zero-order valence-corrected chi connectivity index (χ0v) is 15.8. The lowest BCUT2D eigenvalue weighted by Gasteiger charge is -2.16. The molecule has 0 aliphatic carbocycles. The molecule has 4 rings (SSSR count). The lowest BCUT2D eigenvalue weighted by Crippen LogP contribution is -2.85. The average Bonchev–Trinajstić information content (AvgIpc) is 3.19. The Morgan fingerprint density at radius 2 is 1.68 bits per heavy atom. The molecule has 0 aliphatic rings. The maximum Gasteiger partial charge on any atom is 0.226 e. The van der Waals surface area contributed by atoms with Crippen LogP contribution in [0.3, 0.4) is 0 Å². The summed E-state index contributed by atoms with van der Waals surface area (Å²) >= 11 is 0. The largest absolute Gasteiger partial charge is 0.496 e. The summed E-state index contributed by atoms with van der Waals surface area (Å²) in [4.78, 5) is 16.7. The van der Waals surface area contributed by atoms with Gasteiger partial charge >= 0.3 is 0 Å². The lowest BCUT2D eigenvalue weighted by atomic mass is 9.96. The third-order valence-corrected chi connectivity index (χ3v) is 5.06. The molecule has 0 aliphatic heterocycles. The number of para-hydroxylation sites is 2. The van der Waals surface area contributed by atoms with Crippen molar-refractivity contribution in [1.82, 2.24) is 4.98 Å². The molecule has 0 unspecified atom stereocenters. The van der Waals surface area contributed by atoms with E-state index in [0.29, 0.717) is 6.54 Å². The van der Waals surface area contributed by atoms with Gasteiger partial charge < -0.3 is 15.0 Å². The van der Waals surface area contributed by atoms with E-state index in [1.165, 1.54) is 0 Å². The monoisotopic (exact) mass is 371 g/mol. The Morgan fingerprint density at radius 1 is 0.964 bits per heavy atom. The second-order valence-corrected chi connectivity index (χ2v) is 6.75. The fourth-order valence-electron chi connectivity index (χ4n) is 3.61. The van der Waals surface area contributed by atoms with E-state index in [1.54, 1.807) is 7.11 Å². The standard InChI is InChI=1S/C24H22N2O2/c1-28-22-14-8-5-11-18(22)15-26-23(17-9-3-2-4-10-17)24(27)20-16-25-21-13-7-6-12-19(20)21/h2-14,16,23,25-26H,15H2,1H3/p+1/t23-/m1/s1. The first kappa shape index (κ1) is 18.0. The van der Waals surface area contributed by atoms with Gasteiger partial charge in [0.05, 0.1) is 7.11 Å². The highest BCUT2D eigenvalue weighted by Gasteiger charge is 2.27. The van der Waals surface area contributed by atoms with Gasteiger partial charge in [-0.05, 0) is 18.2 Å². The Bertz CT molecular complexity index is 1090. The van der Waals surface area contributed by atoms with Gasteiger partial charge in [0.25, 0.3) is 0 Å². The van der Waals surface area contributed by atoms with Crippen LogP contribution < -0.4 is 10.1 Å². The van der Waals surface area contributed by atoms with Crippen molar-refractivity contribution in [3.63, 3.8) is 0 Å². The molecule has 0 radical (unpaired) electrons. The quantitative estimate of drug-likeness (QED) is 0.485. The highest BCUT2D eigenvalue weighted by atomic mass is 16.5. The Hall–Kier alpha value is -3.37. The number of hydrogen-bond donors (Lipinski definition) is 2. The van der Waals surface area contributed by atoms with E-state index in [2.05, 4.69) is 10.3 Å². The number of carbonyl (C=O) groups is 1. The number of fused-ring (bicyclic) bond motifs is 1. The molecule has 4 heteroatoms. The minimum atomic E-state index is -0.328. The number of ether oxygens (including phenoxy) is 1. The highest BCUT2D eigenvalue weighted by Crippen LogP contribution is 2.23. The number of benzene rings is 3. The van der Waals surface area contributed by atoms with Crippen molar-refractivity contribution in [3.8, 4) is 5.75 Å². The molecular formula is C24H23N2O2+. The number of ketones is 1. The maximum absolute atomic E-state index is 13.5. The van der Waals surface area contributed by atoms with Crippen molar-refractivity contribution < 1.29 is 14.8 Å². The zero-order valence-electron chi connectivity index (χ0n) is 15.8. The van der Waals surface area contributed by atoms with Crippen molar-refractivity contribution in [3.05, 3.63) is 102 Å². The van der Waals surface area contributed by atoms with Crippen molar-refractivity contribution in [2.24, 2.45) is 0 Å². The molecule has 0 fully saturated rings. The summed E-state index contributed by atoms with van der Waals surface area (Å²) in [6, 6.07) is 25.4. The van der Waals surface area contributed by atoms with Crippen LogP contribution in [-0.4, -0.2) is 17.9 Å². The van der Waals surface area contributed by atoms with Gasteiger partial charge in [-0.3, -0.25) is 4.79 Å². The predicted molar refractivity (Wildman–Crippen MR) is 110 cm³/mol. The molecule has 1 aromatic heterocycles.